The summed E-state index contributed by atoms with van der Waals surface area (Å²) in [5.41, 5.74) is 0.553. The van der Waals surface area contributed by atoms with E-state index in [0.29, 0.717) is 6.42 Å². The first-order valence-electron chi connectivity index (χ1n) is 6.16. The number of hydrogen-bond acceptors (Lipinski definition) is 5. The standard InChI is InChI=1S/C13H21N3O2/c1-14-11-9-13(16-3,18-12(15-2)17-11)10-7-5-4-6-8-10/h4-8,11-12,14-16H,9H2,1-3H3. The third kappa shape index (κ3) is 2.55. The Kier molecular flexibility index (Phi) is 4.31. The highest BCUT2D eigenvalue weighted by molar-refractivity contribution is 5.22. The molecule has 1 aromatic rings. The van der Waals surface area contributed by atoms with Gasteiger partial charge in [0, 0.05) is 6.42 Å². The summed E-state index contributed by atoms with van der Waals surface area (Å²) in [5, 5.41) is 9.43. The third-order valence-electron chi connectivity index (χ3n) is 3.27. The molecule has 1 aliphatic rings. The van der Waals surface area contributed by atoms with E-state index in [4.69, 9.17) is 9.47 Å². The lowest BCUT2D eigenvalue weighted by molar-refractivity contribution is -0.309. The van der Waals surface area contributed by atoms with Gasteiger partial charge in [-0.3, -0.25) is 16.0 Å². The Labute approximate surface area is 108 Å². The van der Waals surface area contributed by atoms with E-state index in [0.717, 1.165) is 5.56 Å². The van der Waals surface area contributed by atoms with Gasteiger partial charge in [0.15, 0.2) is 5.72 Å². The fourth-order valence-electron chi connectivity index (χ4n) is 2.21. The lowest BCUT2D eigenvalue weighted by atomic mass is 9.97. The Bertz CT molecular complexity index is 360. The van der Waals surface area contributed by atoms with E-state index in [1.807, 2.05) is 39.3 Å². The van der Waals surface area contributed by atoms with Crippen LogP contribution < -0.4 is 16.0 Å². The Hall–Kier alpha value is -0.980. The molecule has 3 unspecified atom stereocenters. The Morgan fingerprint density at radius 1 is 1.11 bits per heavy atom. The molecule has 0 aromatic heterocycles. The zero-order valence-corrected chi connectivity index (χ0v) is 11.1. The zero-order chi connectivity index (χ0) is 13.0. The highest BCUT2D eigenvalue weighted by Gasteiger charge is 2.42. The van der Waals surface area contributed by atoms with Crippen LogP contribution in [0.3, 0.4) is 0 Å². The second-order valence-electron chi connectivity index (χ2n) is 4.30. The highest BCUT2D eigenvalue weighted by Crippen LogP contribution is 2.33. The summed E-state index contributed by atoms with van der Waals surface area (Å²) >= 11 is 0. The van der Waals surface area contributed by atoms with Gasteiger partial charge in [0.1, 0.15) is 6.23 Å². The molecule has 0 amide bonds. The smallest absolute Gasteiger partial charge is 0.219 e. The van der Waals surface area contributed by atoms with Gasteiger partial charge < -0.3 is 9.47 Å². The van der Waals surface area contributed by atoms with E-state index >= 15 is 0 Å². The second kappa shape index (κ2) is 5.77. The number of rotatable bonds is 4. The molecule has 3 atom stereocenters. The van der Waals surface area contributed by atoms with Gasteiger partial charge in [-0.1, -0.05) is 30.3 Å². The summed E-state index contributed by atoms with van der Waals surface area (Å²) in [5.74, 6) is 0. The van der Waals surface area contributed by atoms with E-state index in [1.165, 1.54) is 0 Å². The van der Waals surface area contributed by atoms with Gasteiger partial charge in [-0.25, -0.2) is 0 Å². The number of hydrogen-bond donors (Lipinski definition) is 3. The van der Waals surface area contributed by atoms with E-state index in [-0.39, 0.29) is 6.23 Å². The van der Waals surface area contributed by atoms with Crippen molar-refractivity contribution in [3.8, 4) is 0 Å². The highest BCUT2D eigenvalue weighted by atomic mass is 16.7. The minimum absolute atomic E-state index is 0.0659. The van der Waals surface area contributed by atoms with E-state index in [1.54, 1.807) is 0 Å². The van der Waals surface area contributed by atoms with Gasteiger partial charge in [-0.05, 0) is 26.7 Å². The maximum atomic E-state index is 6.01. The van der Waals surface area contributed by atoms with Crippen molar-refractivity contribution < 1.29 is 9.47 Å². The Morgan fingerprint density at radius 3 is 2.39 bits per heavy atom. The van der Waals surface area contributed by atoms with Crippen molar-refractivity contribution in [2.75, 3.05) is 21.1 Å². The number of benzene rings is 1. The van der Waals surface area contributed by atoms with Gasteiger partial charge >= 0.3 is 0 Å². The average Bonchev–Trinajstić information content (AvgIpc) is 2.47. The Morgan fingerprint density at radius 2 is 1.83 bits per heavy atom. The summed E-state index contributed by atoms with van der Waals surface area (Å²) in [6.07, 6.45) is 0.190. The van der Waals surface area contributed by atoms with Crippen LogP contribution in [0.4, 0.5) is 0 Å². The molecule has 1 fully saturated rings. The van der Waals surface area contributed by atoms with Crippen molar-refractivity contribution in [3.05, 3.63) is 35.9 Å². The predicted molar refractivity (Wildman–Crippen MR) is 69.7 cm³/mol. The lowest BCUT2D eigenvalue weighted by Gasteiger charge is -2.44. The van der Waals surface area contributed by atoms with Crippen LogP contribution in [0.2, 0.25) is 0 Å². The van der Waals surface area contributed by atoms with Crippen LogP contribution in [0.1, 0.15) is 12.0 Å². The molecule has 0 aliphatic carbocycles. The normalized spacial score (nSPS) is 32.4. The molecule has 100 valence electrons. The maximum absolute atomic E-state index is 6.01. The van der Waals surface area contributed by atoms with Crippen LogP contribution >= 0.6 is 0 Å². The molecule has 3 N–H and O–H groups in total. The fourth-order valence-corrected chi connectivity index (χ4v) is 2.21. The molecule has 0 spiro atoms. The Balaban J connectivity index is 2.30. The minimum Gasteiger partial charge on any atom is -0.321 e. The molecule has 18 heavy (non-hydrogen) atoms. The monoisotopic (exact) mass is 251 g/mol. The quantitative estimate of drug-likeness (QED) is 0.729. The van der Waals surface area contributed by atoms with E-state index in [9.17, 15) is 0 Å². The molecular formula is C13H21N3O2. The first-order chi connectivity index (χ1) is 8.74. The first kappa shape index (κ1) is 13.5. The zero-order valence-electron chi connectivity index (χ0n) is 11.1. The molecule has 1 saturated heterocycles. The minimum atomic E-state index is -0.541. The summed E-state index contributed by atoms with van der Waals surface area (Å²) in [6.45, 7) is 0. The largest absolute Gasteiger partial charge is 0.321 e. The summed E-state index contributed by atoms with van der Waals surface area (Å²) in [7, 11) is 5.60. The summed E-state index contributed by atoms with van der Waals surface area (Å²) in [4.78, 5) is 0. The molecule has 1 aromatic carbocycles. The molecule has 1 heterocycles. The molecule has 5 nitrogen and oxygen atoms in total. The lowest BCUT2D eigenvalue weighted by Crippen LogP contribution is -2.58. The van der Waals surface area contributed by atoms with Crippen LogP contribution in [-0.4, -0.2) is 33.8 Å². The van der Waals surface area contributed by atoms with Gasteiger partial charge in [-0.2, -0.15) is 0 Å². The van der Waals surface area contributed by atoms with Crippen LogP contribution in [0, 0.1) is 0 Å². The van der Waals surface area contributed by atoms with Crippen LogP contribution in [0.15, 0.2) is 30.3 Å². The van der Waals surface area contributed by atoms with Gasteiger partial charge in [0.25, 0.3) is 0 Å². The molecule has 0 radical (unpaired) electrons. The van der Waals surface area contributed by atoms with Gasteiger partial charge in [-0.15, -0.1) is 0 Å². The number of ether oxygens (including phenoxy) is 2. The summed E-state index contributed by atoms with van der Waals surface area (Å²) in [6, 6.07) is 10.1. The van der Waals surface area contributed by atoms with Crippen LogP contribution in [0.5, 0.6) is 0 Å². The molecular weight excluding hydrogens is 230 g/mol. The van der Waals surface area contributed by atoms with Crippen LogP contribution in [-0.2, 0) is 15.2 Å². The van der Waals surface area contributed by atoms with Gasteiger partial charge in [0.2, 0.25) is 6.41 Å². The fraction of sp³-hybridized carbons (Fsp3) is 0.538. The number of nitrogens with one attached hydrogen (secondary N) is 3. The van der Waals surface area contributed by atoms with E-state index < -0.39 is 12.1 Å². The molecule has 2 rings (SSSR count). The predicted octanol–water partition coefficient (Wildman–Crippen LogP) is 0.544. The van der Waals surface area contributed by atoms with Crippen molar-refractivity contribution in [3.63, 3.8) is 0 Å². The third-order valence-corrected chi connectivity index (χ3v) is 3.27. The topological polar surface area (TPSA) is 54.5 Å². The van der Waals surface area contributed by atoms with Crippen molar-refractivity contribution in [1.82, 2.24) is 16.0 Å². The molecule has 0 bridgehead atoms. The second-order valence-corrected chi connectivity index (χ2v) is 4.30. The summed E-state index contributed by atoms with van der Waals surface area (Å²) < 4.78 is 11.7. The van der Waals surface area contributed by atoms with E-state index in [2.05, 4.69) is 28.1 Å². The van der Waals surface area contributed by atoms with Crippen molar-refractivity contribution >= 4 is 0 Å². The molecule has 1 aliphatic heterocycles. The molecule has 5 heteroatoms. The average molecular weight is 251 g/mol. The maximum Gasteiger partial charge on any atom is 0.219 e. The van der Waals surface area contributed by atoms with Crippen molar-refractivity contribution in [1.29, 1.82) is 0 Å². The SMILES string of the molecule is CNC1CC(NC)(c2ccccc2)OC(NC)O1. The van der Waals surface area contributed by atoms with Crippen molar-refractivity contribution in [2.24, 2.45) is 0 Å². The first-order valence-corrected chi connectivity index (χ1v) is 6.16. The molecule has 0 saturated carbocycles. The van der Waals surface area contributed by atoms with Gasteiger partial charge in [0.05, 0.1) is 0 Å². The van der Waals surface area contributed by atoms with Crippen LogP contribution in [0.25, 0.3) is 0 Å². The van der Waals surface area contributed by atoms with Crippen molar-refractivity contribution in [2.45, 2.75) is 24.8 Å².